The van der Waals surface area contributed by atoms with Gasteiger partial charge in [0.1, 0.15) is 17.6 Å². The molecular formula is C26H25F2N9O4. The number of nitrogens with one attached hydrogen (secondary N) is 1. The van der Waals surface area contributed by atoms with E-state index in [1.54, 1.807) is 42.4 Å². The van der Waals surface area contributed by atoms with Gasteiger partial charge < -0.3 is 14.8 Å². The van der Waals surface area contributed by atoms with Crippen molar-refractivity contribution in [3.8, 4) is 11.3 Å². The minimum atomic E-state index is -2.58. The van der Waals surface area contributed by atoms with Crippen LogP contribution in [0.3, 0.4) is 0 Å². The maximum Gasteiger partial charge on any atom is 0.332 e. The molecule has 5 heterocycles. The van der Waals surface area contributed by atoms with Crippen LogP contribution >= 0.6 is 0 Å². The zero-order valence-electron chi connectivity index (χ0n) is 22.3. The fourth-order valence-corrected chi connectivity index (χ4v) is 5.25. The van der Waals surface area contributed by atoms with Gasteiger partial charge in [-0.1, -0.05) is 6.07 Å². The Morgan fingerprint density at radius 2 is 1.80 bits per heavy atom. The van der Waals surface area contributed by atoms with Crippen molar-refractivity contribution in [2.24, 2.45) is 18.9 Å². The highest BCUT2D eigenvalue weighted by Gasteiger charge is 2.72. The number of Topliss-reactive ketones (excluding diaryl/α,β-unsaturated/α-hetero) is 1. The number of carbonyl (C=O) groups is 2. The summed E-state index contributed by atoms with van der Waals surface area (Å²) in [6.07, 6.45) is 4.39. The zero-order valence-corrected chi connectivity index (χ0v) is 22.3. The first-order valence-electron chi connectivity index (χ1n) is 12.9. The summed E-state index contributed by atoms with van der Waals surface area (Å²) in [6, 6.07) is 4.07. The highest BCUT2D eigenvalue weighted by Crippen LogP contribution is 2.59. The Kier molecular flexibility index (Phi) is 6.04. The van der Waals surface area contributed by atoms with E-state index in [2.05, 4.69) is 25.3 Å². The molecule has 4 aromatic rings. The molecule has 2 aliphatic rings. The van der Waals surface area contributed by atoms with Gasteiger partial charge in [0.2, 0.25) is 11.9 Å². The minimum absolute atomic E-state index is 0.00831. The summed E-state index contributed by atoms with van der Waals surface area (Å²) in [4.78, 5) is 69.5. The summed E-state index contributed by atoms with van der Waals surface area (Å²) in [6.45, 7) is 2.88. The quantitative estimate of drug-likeness (QED) is 0.349. The highest BCUT2D eigenvalue weighted by molar-refractivity contribution is 5.93. The summed E-state index contributed by atoms with van der Waals surface area (Å²) >= 11 is 0. The molecule has 3 unspecified atom stereocenters. The lowest BCUT2D eigenvalue weighted by Crippen LogP contribution is -2.41. The molecule has 4 aromatic heterocycles. The smallest absolute Gasteiger partial charge is 0.332 e. The standard InChI is InChI=1S/C26H25F2N9O4/c1-13(38)9-36-23(40)20-21(34(3)25(36)41)31-12-37(20)14(2)22(39)33-19-6-4-5-18(32-19)15-7-29-24(30-8-15)35-10-16-17(11-35)26(16,27)28/h4-8,12,14,16-17H,9-11H2,1-3H3,(H,32,33,39). The van der Waals surface area contributed by atoms with Crippen LogP contribution in [0, 0.1) is 11.8 Å². The molecule has 0 radical (unpaired) electrons. The van der Waals surface area contributed by atoms with Gasteiger partial charge in [-0.05, 0) is 26.0 Å². The lowest BCUT2D eigenvalue weighted by atomic mass is 10.2. The number of ketones is 1. The number of aryl methyl sites for hydroxylation is 1. The van der Waals surface area contributed by atoms with Crippen molar-refractivity contribution in [1.29, 1.82) is 0 Å². The lowest BCUT2D eigenvalue weighted by Gasteiger charge is -2.19. The fourth-order valence-electron chi connectivity index (χ4n) is 5.25. The number of carbonyl (C=O) groups excluding carboxylic acids is 2. The van der Waals surface area contributed by atoms with E-state index in [0.29, 0.717) is 17.2 Å². The molecule has 212 valence electrons. The normalized spacial score (nSPS) is 19.7. The molecule has 13 nitrogen and oxygen atoms in total. The third kappa shape index (κ3) is 4.37. The topological polar surface area (TPSA) is 150 Å². The second kappa shape index (κ2) is 9.38. The average Bonchev–Trinajstić information content (AvgIpc) is 3.38. The van der Waals surface area contributed by atoms with Gasteiger partial charge in [0, 0.05) is 38.1 Å². The second-order valence-electron chi connectivity index (χ2n) is 10.4. The molecular weight excluding hydrogens is 540 g/mol. The molecule has 1 amide bonds. The Morgan fingerprint density at radius 1 is 1.12 bits per heavy atom. The van der Waals surface area contributed by atoms with Gasteiger partial charge in [-0.2, -0.15) is 0 Å². The number of imidazole rings is 1. The Hall–Kier alpha value is -4.82. The molecule has 1 N–H and O–H groups in total. The maximum atomic E-state index is 13.5. The van der Waals surface area contributed by atoms with E-state index in [1.807, 2.05) is 0 Å². The Labute approximate surface area is 230 Å². The van der Waals surface area contributed by atoms with Crippen LogP contribution in [0.25, 0.3) is 22.4 Å². The van der Waals surface area contributed by atoms with Gasteiger partial charge in [-0.25, -0.2) is 33.5 Å². The molecule has 41 heavy (non-hydrogen) atoms. The van der Waals surface area contributed by atoms with Gasteiger partial charge in [-0.15, -0.1) is 0 Å². The molecule has 0 bridgehead atoms. The van der Waals surface area contributed by atoms with Crippen molar-refractivity contribution in [3.63, 3.8) is 0 Å². The van der Waals surface area contributed by atoms with Gasteiger partial charge >= 0.3 is 5.69 Å². The van der Waals surface area contributed by atoms with Gasteiger partial charge in [0.05, 0.1) is 30.4 Å². The number of aromatic nitrogens is 7. The Balaban J connectivity index is 1.20. The van der Waals surface area contributed by atoms with Gasteiger partial charge in [-0.3, -0.25) is 23.5 Å². The van der Waals surface area contributed by atoms with E-state index in [-0.39, 0.29) is 35.9 Å². The molecule has 0 spiro atoms. The predicted molar refractivity (Wildman–Crippen MR) is 143 cm³/mol. The molecule has 15 heteroatoms. The van der Waals surface area contributed by atoms with E-state index < -0.39 is 47.5 Å². The van der Waals surface area contributed by atoms with E-state index in [4.69, 9.17) is 0 Å². The summed E-state index contributed by atoms with van der Waals surface area (Å²) in [5.74, 6) is -4.12. The predicted octanol–water partition coefficient (Wildman–Crippen LogP) is 1.24. The molecule has 1 saturated carbocycles. The van der Waals surface area contributed by atoms with E-state index >= 15 is 0 Å². The molecule has 1 aliphatic heterocycles. The third-order valence-electron chi connectivity index (χ3n) is 7.65. The average molecular weight is 566 g/mol. The number of rotatable bonds is 7. The van der Waals surface area contributed by atoms with Crippen LogP contribution in [0.5, 0.6) is 0 Å². The van der Waals surface area contributed by atoms with Crippen LogP contribution in [0.2, 0.25) is 0 Å². The monoisotopic (exact) mass is 565 g/mol. The Morgan fingerprint density at radius 3 is 2.46 bits per heavy atom. The number of pyridine rings is 1. The van der Waals surface area contributed by atoms with Crippen molar-refractivity contribution in [2.75, 3.05) is 23.3 Å². The molecule has 2 fully saturated rings. The van der Waals surface area contributed by atoms with Crippen LogP contribution in [0.15, 0.2) is 46.5 Å². The lowest BCUT2D eigenvalue weighted by molar-refractivity contribution is -0.119. The van der Waals surface area contributed by atoms with Crippen molar-refractivity contribution < 1.29 is 18.4 Å². The van der Waals surface area contributed by atoms with Crippen LogP contribution in [0.1, 0.15) is 19.9 Å². The van der Waals surface area contributed by atoms with E-state index in [1.165, 1.54) is 24.9 Å². The largest absolute Gasteiger partial charge is 0.340 e. The molecule has 1 aliphatic carbocycles. The van der Waals surface area contributed by atoms with Gasteiger partial charge in [0.25, 0.3) is 11.5 Å². The number of hydrogen-bond acceptors (Lipinski definition) is 9. The summed E-state index contributed by atoms with van der Waals surface area (Å²) in [5, 5.41) is 2.72. The number of piperidine rings is 1. The summed E-state index contributed by atoms with van der Waals surface area (Å²) < 4.78 is 30.3. The van der Waals surface area contributed by atoms with Crippen molar-refractivity contribution >= 4 is 34.6 Å². The van der Waals surface area contributed by atoms with Crippen molar-refractivity contribution in [1.82, 2.24) is 33.6 Å². The number of anilines is 2. The van der Waals surface area contributed by atoms with Crippen LogP contribution in [-0.4, -0.2) is 64.3 Å². The molecule has 0 aromatic carbocycles. The van der Waals surface area contributed by atoms with Crippen LogP contribution in [-0.2, 0) is 23.2 Å². The number of hydrogen-bond donors (Lipinski definition) is 1. The number of nitrogens with zero attached hydrogens (tertiary/aromatic N) is 8. The number of amides is 1. The fraction of sp³-hybridized carbons (Fsp3) is 0.385. The van der Waals surface area contributed by atoms with E-state index in [9.17, 15) is 28.0 Å². The first-order chi connectivity index (χ1) is 19.5. The summed E-state index contributed by atoms with van der Waals surface area (Å²) in [7, 11) is 1.43. The number of alkyl halides is 2. The van der Waals surface area contributed by atoms with Crippen molar-refractivity contribution in [2.45, 2.75) is 32.4 Å². The first kappa shape index (κ1) is 26.4. The van der Waals surface area contributed by atoms with Gasteiger partial charge in [0.15, 0.2) is 11.2 Å². The zero-order chi connectivity index (χ0) is 29.2. The minimum Gasteiger partial charge on any atom is -0.340 e. The van der Waals surface area contributed by atoms with E-state index in [0.717, 1.165) is 9.13 Å². The SMILES string of the molecule is CC(=O)Cn1c(=O)c2c(ncn2C(C)C(=O)Nc2cccc(-c3cnc(N4CC5C(C4)C5(F)F)nc3)n2)n(C)c1=O. The van der Waals surface area contributed by atoms with Crippen LogP contribution < -0.4 is 21.5 Å². The third-order valence-corrected chi connectivity index (χ3v) is 7.65. The second-order valence-corrected chi connectivity index (χ2v) is 10.4. The highest BCUT2D eigenvalue weighted by atomic mass is 19.3. The molecule has 6 rings (SSSR count). The van der Waals surface area contributed by atoms with Crippen LogP contribution in [0.4, 0.5) is 20.5 Å². The maximum absolute atomic E-state index is 13.5. The first-order valence-corrected chi connectivity index (χ1v) is 12.9. The number of halogens is 2. The molecule has 1 saturated heterocycles. The molecule has 3 atom stereocenters. The summed E-state index contributed by atoms with van der Waals surface area (Å²) in [5.41, 5.74) is -0.264. The Bertz CT molecular complexity index is 1820. The number of fused-ring (bicyclic) bond motifs is 2. The van der Waals surface area contributed by atoms with Crippen molar-refractivity contribution in [3.05, 3.63) is 57.8 Å².